The zero-order valence-electron chi connectivity index (χ0n) is 11.0. The van der Waals surface area contributed by atoms with Gasteiger partial charge < -0.3 is 9.47 Å². The fourth-order valence-corrected chi connectivity index (χ4v) is 1.18. The highest BCUT2D eigenvalue weighted by atomic mass is 79.9. The molecule has 1 amide bonds. The molecule has 6 heteroatoms. The minimum atomic E-state index is -0.514. The molecule has 0 atom stereocenters. The van der Waals surface area contributed by atoms with Crippen LogP contribution in [0.2, 0.25) is 0 Å². The van der Waals surface area contributed by atoms with Crippen LogP contribution in [-0.4, -0.2) is 48.5 Å². The summed E-state index contributed by atoms with van der Waals surface area (Å²) in [4.78, 5) is 16.9. The Hall–Kier alpha value is -0.330. The van der Waals surface area contributed by atoms with Gasteiger partial charge in [-0.3, -0.25) is 4.84 Å². The summed E-state index contributed by atoms with van der Waals surface area (Å²) >= 11 is 3.25. The average Bonchev–Trinajstić information content (AvgIpc) is 2.20. The number of ether oxygens (including phenoxy) is 2. The highest BCUT2D eigenvalue weighted by Crippen LogP contribution is 2.09. The first-order valence-electron chi connectivity index (χ1n) is 5.68. The summed E-state index contributed by atoms with van der Waals surface area (Å²) in [6, 6.07) is 0. The van der Waals surface area contributed by atoms with Crippen LogP contribution in [0.25, 0.3) is 0 Å². The largest absolute Gasteiger partial charge is 0.442 e. The molecule has 102 valence electrons. The van der Waals surface area contributed by atoms with E-state index >= 15 is 0 Å². The predicted octanol–water partition coefficient (Wildman–Crippen LogP) is 2.59. The van der Waals surface area contributed by atoms with Crippen LogP contribution in [0.15, 0.2) is 0 Å². The summed E-state index contributed by atoms with van der Waals surface area (Å²) in [5, 5.41) is 1.99. The van der Waals surface area contributed by atoms with Crippen LogP contribution in [0.4, 0.5) is 4.79 Å². The molecule has 5 nitrogen and oxygen atoms in total. The van der Waals surface area contributed by atoms with E-state index in [4.69, 9.17) is 14.3 Å². The van der Waals surface area contributed by atoms with Crippen molar-refractivity contribution < 1.29 is 19.1 Å². The number of nitrogens with zero attached hydrogens (tertiary/aromatic N) is 1. The molecule has 0 rings (SSSR count). The Morgan fingerprint density at radius 2 is 1.88 bits per heavy atom. The van der Waals surface area contributed by atoms with Crippen molar-refractivity contribution in [1.29, 1.82) is 0 Å². The number of alkyl halides is 1. The van der Waals surface area contributed by atoms with Crippen molar-refractivity contribution in [1.82, 2.24) is 5.06 Å². The molecule has 0 N–H and O–H groups in total. The normalized spacial score (nSPS) is 11.4. The minimum absolute atomic E-state index is 0.333. The van der Waals surface area contributed by atoms with Crippen LogP contribution in [0, 0.1) is 0 Å². The SMILES string of the molecule is CCN(OCCOCCBr)C(=O)OC(C)(C)C. The molecule has 0 fully saturated rings. The number of carbonyl (C=O) groups excluding carboxylic acids is 1. The Labute approximate surface area is 111 Å². The maximum atomic E-state index is 11.6. The van der Waals surface area contributed by atoms with Crippen molar-refractivity contribution >= 4 is 22.0 Å². The lowest BCUT2D eigenvalue weighted by Gasteiger charge is -2.25. The Balaban J connectivity index is 3.86. The van der Waals surface area contributed by atoms with Gasteiger partial charge in [0.05, 0.1) is 19.8 Å². The molecule has 17 heavy (non-hydrogen) atoms. The molecule has 0 unspecified atom stereocenters. The maximum absolute atomic E-state index is 11.6. The third-order valence-corrected chi connectivity index (χ3v) is 1.90. The van der Waals surface area contributed by atoms with E-state index in [2.05, 4.69) is 15.9 Å². The van der Waals surface area contributed by atoms with Gasteiger partial charge in [-0.2, -0.15) is 5.06 Å². The number of amides is 1. The van der Waals surface area contributed by atoms with Gasteiger partial charge in [-0.15, -0.1) is 0 Å². The monoisotopic (exact) mass is 311 g/mol. The van der Waals surface area contributed by atoms with Gasteiger partial charge in [0.1, 0.15) is 5.60 Å². The number of rotatable bonds is 7. The van der Waals surface area contributed by atoms with Gasteiger partial charge in [0, 0.05) is 11.9 Å². The first kappa shape index (κ1) is 16.7. The van der Waals surface area contributed by atoms with Crippen LogP contribution >= 0.6 is 15.9 Å². The number of hydrogen-bond acceptors (Lipinski definition) is 4. The molecule has 0 aliphatic carbocycles. The average molecular weight is 312 g/mol. The third kappa shape index (κ3) is 9.38. The second kappa shape index (κ2) is 8.72. The van der Waals surface area contributed by atoms with Crippen LogP contribution in [0.3, 0.4) is 0 Å². The molecule has 0 bridgehead atoms. The Bertz CT molecular complexity index is 218. The lowest BCUT2D eigenvalue weighted by atomic mass is 10.2. The van der Waals surface area contributed by atoms with Crippen molar-refractivity contribution in [3.8, 4) is 0 Å². The first-order valence-corrected chi connectivity index (χ1v) is 6.80. The zero-order chi connectivity index (χ0) is 13.3. The summed E-state index contributed by atoms with van der Waals surface area (Å²) in [7, 11) is 0. The summed E-state index contributed by atoms with van der Waals surface area (Å²) in [6.07, 6.45) is -0.472. The van der Waals surface area contributed by atoms with Crippen LogP contribution in [0.1, 0.15) is 27.7 Å². The smallest absolute Gasteiger partial charge is 0.434 e. The quantitative estimate of drug-likeness (QED) is 0.412. The van der Waals surface area contributed by atoms with Gasteiger partial charge in [-0.1, -0.05) is 15.9 Å². The molecular weight excluding hydrogens is 290 g/mol. The van der Waals surface area contributed by atoms with E-state index in [-0.39, 0.29) is 0 Å². The number of halogens is 1. The van der Waals surface area contributed by atoms with Gasteiger partial charge in [0.25, 0.3) is 0 Å². The van der Waals surface area contributed by atoms with Gasteiger partial charge in [0.2, 0.25) is 0 Å². The Morgan fingerprint density at radius 3 is 2.35 bits per heavy atom. The summed E-state index contributed by atoms with van der Waals surface area (Å²) in [5.74, 6) is 0. The van der Waals surface area contributed by atoms with Crippen molar-refractivity contribution in [2.75, 3.05) is 31.7 Å². The first-order chi connectivity index (χ1) is 7.90. The van der Waals surface area contributed by atoms with E-state index in [1.807, 2.05) is 27.7 Å². The second-order valence-electron chi connectivity index (χ2n) is 4.31. The highest BCUT2D eigenvalue weighted by molar-refractivity contribution is 9.09. The molecule has 0 saturated heterocycles. The van der Waals surface area contributed by atoms with E-state index in [1.165, 1.54) is 5.06 Å². The van der Waals surface area contributed by atoms with Crippen LogP contribution in [0.5, 0.6) is 0 Å². The highest BCUT2D eigenvalue weighted by Gasteiger charge is 2.21. The molecule has 0 aliphatic rings. The molecule has 0 aromatic heterocycles. The Kier molecular flexibility index (Phi) is 8.55. The van der Waals surface area contributed by atoms with Gasteiger partial charge >= 0.3 is 6.09 Å². The summed E-state index contributed by atoms with van der Waals surface area (Å²) < 4.78 is 10.4. The van der Waals surface area contributed by atoms with Crippen molar-refractivity contribution in [2.45, 2.75) is 33.3 Å². The third-order valence-electron chi connectivity index (χ3n) is 1.58. The fourth-order valence-electron chi connectivity index (χ4n) is 0.949. The molecule has 0 aromatic carbocycles. The molecule has 0 saturated carbocycles. The predicted molar refractivity (Wildman–Crippen MR) is 69.2 cm³/mol. The fraction of sp³-hybridized carbons (Fsp3) is 0.909. The minimum Gasteiger partial charge on any atom is -0.442 e. The van der Waals surface area contributed by atoms with E-state index < -0.39 is 11.7 Å². The number of carbonyl (C=O) groups is 1. The lowest BCUT2D eigenvalue weighted by molar-refractivity contribution is -0.153. The standard InChI is InChI=1S/C11H22BrNO4/c1-5-13(10(14)17-11(2,3)4)16-9-8-15-7-6-12/h5-9H2,1-4H3. The Morgan fingerprint density at radius 1 is 1.24 bits per heavy atom. The number of hydroxylamine groups is 2. The molecule has 0 aliphatic heterocycles. The summed E-state index contributed by atoms with van der Waals surface area (Å²) in [5.41, 5.74) is -0.514. The van der Waals surface area contributed by atoms with Crippen LogP contribution < -0.4 is 0 Å². The molecule has 0 heterocycles. The maximum Gasteiger partial charge on any atom is 0.434 e. The van der Waals surface area contributed by atoms with Crippen molar-refractivity contribution in [2.24, 2.45) is 0 Å². The van der Waals surface area contributed by atoms with E-state index in [0.29, 0.717) is 26.4 Å². The molecule has 0 spiro atoms. The summed E-state index contributed by atoms with van der Waals surface area (Å²) in [6.45, 7) is 9.12. The number of hydrogen-bond donors (Lipinski definition) is 0. The molecular formula is C11H22BrNO4. The zero-order valence-corrected chi connectivity index (χ0v) is 12.6. The van der Waals surface area contributed by atoms with Crippen LogP contribution in [-0.2, 0) is 14.3 Å². The van der Waals surface area contributed by atoms with E-state index in [1.54, 1.807) is 0 Å². The molecule has 0 aromatic rings. The lowest BCUT2D eigenvalue weighted by Crippen LogP contribution is -2.37. The second-order valence-corrected chi connectivity index (χ2v) is 5.10. The van der Waals surface area contributed by atoms with Crippen molar-refractivity contribution in [3.05, 3.63) is 0 Å². The van der Waals surface area contributed by atoms with Gasteiger partial charge in [0.15, 0.2) is 0 Å². The van der Waals surface area contributed by atoms with Gasteiger partial charge in [-0.05, 0) is 27.7 Å². The van der Waals surface area contributed by atoms with Gasteiger partial charge in [-0.25, -0.2) is 4.79 Å². The molecule has 0 radical (unpaired) electrons. The topological polar surface area (TPSA) is 48.0 Å². The van der Waals surface area contributed by atoms with Crippen molar-refractivity contribution in [3.63, 3.8) is 0 Å². The van der Waals surface area contributed by atoms with E-state index in [0.717, 1.165) is 5.33 Å². The van der Waals surface area contributed by atoms with E-state index in [9.17, 15) is 4.79 Å².